The number of aliphatic hydroxyl groups excluding tert-OH is 1. The van der Waals surface area contributed by atoms with Crippen LogP contribution < -0.4 is 5.32 Å². The molecule has 7 atom stereocenters. The fourth-order valence-electron chi connectivity index (χ4n) is 5.84. The van der Waals surface area contributed by atoms with Gasteiger partial charge in [-0.15, -0.1) is 11.8 Å². The van der Waals surface area contributed by atoms with Crippen molar-refractivity contribution in [3.8, 4) is 0 Å². The number of nitrogens with zero attached hydrogens (tertiary/aromatic N) is 4. The number of hydrogen-bond donors (Lipinski definition) is 3. The average molecular weight is 486 g/mol. The molecular formula is C24H28FN5O3S. The molecule has 180 valence electrons. The Kier molecular flexibility index (Phi) is 5.51. The SMILES string of the molecule is C[C@@]1(O)[C@H](O)[C@@H](CSc2ccccc2F)O[C@H]1n1cnc2c(NC3CC4CCC3C4)ncnc21. The largest absolute Gasteiger partial charge is 0.387 e. The van der Waals surface area contributed by atoms with Crippen molar-refractivity contribution >= 4 is 28.7 Å². The molecule has 1 aliphatic heterocycles. The van der Waals surface area contributed by atoms with Gasteiger partial charge in [0.25, 0.3) is 0 Å². The van der Waals surface area contributed by atoms with Gasteiger partial charge in [-0.1, -0.05) is 18.6 Å². The first-order valence-corrected chi connectivity index (χ1v) is 12.8. The average Bonchev–Trinajstić information content (AvgIpc) is 3.59. The Bertz CT molecular complexity index is 1210. The van der Waals surface area contributed by atoms with Crippen molar-refractivity contribution in [1.29, 1.82) is 0 Å². The van der Waals surface area contributed by atoms with E-state index >= 15 is 0 Å². The molecule has 3 heterocycles. The van der Waals surface area contributed by atoms with Gasteiger partial charge in [-0.2, -0.15) is 0 Å². The maximum absolute atomic E-state index is 14.0. The van der Waals surface area contributed by atoms with Crippen LogP contribution in [0, 0.1) is 17.7 Å². The molecule has 3 aromatic rings. The van der Waals surface area contributed by atoms with Gasteiger partial charge in [-0.05, 0) is 50.2 Å². The summed E-state index contributed by atoms with van der Waals surface area (Å²) < 4.78 is 21.8. The van der Waals surface area contributed by atoms with Crippen LogP contribution in [0.25, 0.3) is 11.2 Å². The summed E-state index contributed by atoms with van der Waals surface area (Å²) in [5.41, 5.74) is -0.444. The van der Waals surface area contributed by atoms with Crippen LogP contribution in [0.4, 0.5) is 10.2 Å². The molecule has 2 aliphatic carbocycles. The number of aliphatic hydroxyl groups is 2. The van der Waals surface area contributed by atoms with Gasteiger partial charge in [0.1, 0.15) is 23.8 Å². The molecule has 6 rings (SSSR count). The number of anilines is 1. The fraction of sp³-hybridized carbons (Fsp3) is 0.542. The number of aromatic nitrogens is 4. The number of hydrogen-bond acceptors (Lipinski definition) is 8. The van der Waals surface area contributed by atoms with Crippen molar-refractivity contribution in [2.45, 2.75) is 67.6 Å². The lowest BCUT2D eigenvalue weighted by Gasteiger charge is -2.27. The zero-order valence-electron chi connectivity index (χ0n) is 18.8. The second-order valence-corrected chi connectivity index (χ2v) is 11.0. The number of halogens is 1. The van der Waals surface area contributed by atoms with E-state index in [0.717, 1.165) is 12.3 Å². The van der Waals surface area contributed by atoms with E-state index in [2.05, 4.69) is 20.3 Å². The first-order chi connectivity index (χ1) is 16.4. The second-order valence-electron chi connectivity index (χ2n) is 9.91. The lowest BCUT2D eigenvalue weighted by atomic mass is 9.95. The molecule has 3 fully saturated rings. The summed E-state index contributed by atoms with van der Waals surface area (Å²) in [7, 11) is 0. The minimum atomic E-state index is -1.59. The molecule has 8 nitrogen and oxygen atoms in total. The topological polar surface area (TPSA) is 105 Å². The third-order valence-corrected chi connectivity index (χ3v) is 8.80. The van der Waals surface area contributed by atoms with Crippen molar-refractivity contribution in [2.75, 3.05) is 11.1 Å². The van der Waals surface area contributed by atoms with Crippen LogP contribution in [-0.4, -0.2) is 59.3 Å². The van der Waals surface area contributed by atoms with Gasteiger partial charge >= 0.3 is 0 Å². The van der Waals surface area contributed by atoms with Gasteiger partial charge in [0.2, 0.25) is 0 Å². The summed E-state index contributed by atoms with van der Waals surface area (Å²) >= 11 is 1.25. The summed E-state index contributed by atoms with van der Waals surface area (Å²) in [6.45, 7) is 1.54. The van der Waals surface area contributed by atoms with Gasteiger partial charge in [0.15, 0.2) is 23.2 Å². The van der Waals surface area contributed by atoms with Crippen molar-refractivity contribution in [3.05, 3.63) is 42.7 Å². The van der Waals surface area contributed by atoms with E-state index in [1.807, 2.05) is 0 Å². The Morgan fingerprint density at radius 2 is 2.09 bits per heavy atom. The number of fused-ring (bicyclic) bond motifs is 3. The lowest BCUT2D eigenvalue weighted by Crippen LogP contribution is -2.44. The Balaban J connectivity index is 1.23. The number of ether oxygens (including phenoxy) is 1. The lowest BCUT2D eigenvalue weighted by molar-refractivity contribution is -0.0935. The van der Waals surface area contributed by atoms with E-state index in [-0.39, 0.29) is 11.6 Å². The number of nitrogens with one attached hydrogen (secondary N) is 1. The first-order valence-electron chi connectivity index (χ1n) is 11.8. The van der Waals surface area contributed by atoms with Crippen molar-refractivity contribution in [2.24, 2.45) is 11.8 Å². The van der Waals surface area contributed by atoms with E-state index in [4.69, 9.17) is 4.74 Å². The van der Waals surface area contributed by atoms with E-state index in [1.165, 1.54) is 50.3 Å². The highest BCUT2D eigenvalue weighted by atomic mass is 32.2. The van der Waals surface area contributed by atoms with Crippen LogP contribution in [0.5, 0.6) is 0 Å². The summed E-state index contributed by atoms with van der Waals surface area (Å²) in [5.74, 6) is 2.13. The molecule has 10 heteroatoms. The predicted octanol–water partition coefficient (Wildman–Crippen LogP) is 3.37. The smallest absolute Gasteiger partial charge is 0.168 e. The van der Waals surface area contributed by atoms with Crippen molar-refractivity contribution < 1.29 is 19.3 Å². The molecule has 1 aromatic carbocycles. The molecule has 2 bridgehead atoms. The quantitative estimate of drug-likeness (QED) is 0.457. The zero-order chi connectivity index (χ0) is 23.4. The van der Waals surface area contributed by atoms with Crippen molar-refractivity contribution in [3.63, 3.8) is 0 Å². The Morgan fingerprint density at radius 1 is 1.24 bits per heavy atom. The highest BCUT2D eigenvalue weighted by Crippen LogP contribution is 2.46. The number of imidazole rings is 1. The van der Waals surface area contributed by atoms with Crippen LogP contribution in [0.2, 0.25) is 0 Å². The molecule has 1 saturated heterocycles. The molecule has 3 N–H and O–H groups in total. The summed E-state index contributed by atoms with van der Waals surface area (Å²) in [6.07, 6.45) is 5.32. The maximum Gasteiger partial charge on any atom is 0.168 e. The van der Waals surface area contributed by atoms with E-state index in [0.29, 0.717) is 33.8 Å². The second kappa shape index (κ2) is 8.44. The molecule has 0 radical (unpaired) electrons. The van der Waals surface area contributed by atoms with Crippen molar-refractivity contribution in [1.82, 2.24) is 19.5 Å². The molecule has 34 heavy (non-hydrogen) atoms. The zero-order valence-corrected chi connectivity index (χ0v) is 19.7. The maximum atomic E-state index is 14.0. The van der Waals surface area contributed by atoms with Crippen LogP contribution in [0.3, 0.4) is 0 Å². The third-order valence-electron chi connectivity index (χ3n) is 7.67. The van der Waals surface area contributed by atoms with Crippen LogP contribution in [0.1, 0.15) is 38.8 Å². The molecule has 3 unspecified atom stereocenters. The molecule has 2 saturated carbocycles. The van der Waals surface area contributed by atoms with E-state index in [9.17, 15) is 14.6 Å². The Hall–Kier alpha value is -2.27. The molecule has 0 spiro atoms. The molecule has 2 aromatic heterocycles. The Labute approximate surface area is 201 Å². The van der Waals surface area contributed by atoms with Crippen LogP contribution in [0.15, 0.2) is 41.8 Å². The highest BCUT2D eigenvalue weighted by Gasteiger charge is 2.53. The van der Waals surface area contributed by atoms with E-state index < -0.39 is 24.0 Å². The van der Waals surface area contributed by atoms with Gasteiger partial charge in [-0.25, -0.2) is 19.3 Å². The minimum Gasteiger partial charge on any atom is -0.387 e. The van der Waals surface area contributed by atoms with Gasteiger partial charge < -0.3 is 20.3 Å². The Morgan fingerprint density at radius 3 is 2.85 bits per heavy atom. The van der Waals surface area contributed by atoms with Crippen LogP contribution in [-0.2, 0) is 4.74 Å². The molecule has 3 aliphatic rings. The van der Waals surface area contributed by atoms with Gasteiger partial charge in [0.05, 0.1) is 12.4 Å². The molecular weight excluding hydrogens is 457 g/mol. The highest BCUT2D eigenvalue weighted by molar-refractivity contribution is 7.99. The fourth-order valence-corrected chi connectivity index (χ4v) is 6.82. The predicted molar refractivity (Wildman–Crippen MR) is 126 cm³/mol. The monoisotopic (exact) mass is 485 g/mol. The third kappa shape index (κ3) is 3.67. The standard InChI is InChI=1S/C24H28FN5O3S/c1-24(32)20(31)17(10-34-18-5-3-2-4-15(18)25)33-23(24)30-12-28-19-21(26-11-27-22(19)30)29-16-9-13-6-7-14(16)8-13/h2-5,11-14,16-17,20,23,31-32H,6-10H2,1H3,(H,26,27,29)/t13?,14?,16?,17-,20-,23-,24-/m1/s1. The summed E-state index contributed by atoms with van der Waals surface area (Å²) in [4.78, 5) is 13.9. The molecule has 0 amide bonds. The van der Waals surface area contributed by atoms with Crippen LogP contribution >= 0.6 is 11.8 Å². The summed E-state index contributed by atoms with van der Waals surface area (Å²) in [5, 5.41) is 25.6. The number of thioether (sulfide) groups is 1. The van der Waals surface area contributed by atoms with Gasteiger partial charge in [-0.3, -0.25) is 4.57 Å². The number of benzene rings is 1. The number of rotatable bonds is 6. The first kappa shape index (κ1) is 22.2. The normalized spacial score (nSPS) is 34.8. The van der Waals surface area contributed by atoms with E-state index in [1.54, 1.807) is 29.1 Å². The minimum absolute atomic E-state index is 0.285. The summed E-state index contributed by atoms with van der Waals surface area (Å²) in [6, 6.07) is 6.87. The van der Waals surface area contributed by atoms with Gasteiger partial charge in [0, 0.05) is 16.7 Å².